The van der Waals surface area contributed by atoms with Crippen LogP contribution in [-0.2, 0) is 11.3 Å². The number of benzene rings is 1. The van der Waals surface area contributed by atoms with Crippen molar-refractivity contribution in [2.45, 2.75) is 57.9 Å². The maximum absolute atomic E-state index is 11.6. The van der Waals surface area contributed by atoms with Crippen molar-refractivity contribution >= 4 is 5.78 Å². The van der Waals surface area contributed by atoms with Crippen LogP contribution < -0.4 is 0 Å². The van der Waals surface area contributed by atoms with Crippen LogP contribution in [0.25, 0.3) is 11.4 Å². The summed E-state index contributed by atoms with van der Waals surface area (Å²) in [6.45, 7) is 5.47. The van der Waals surface area contributed by atoms with E-state index in [1.807, 2.05) is 6.07 Å². The van der Waals surface area contributed by atoms with Gasteiger partial charge in [-0.3, -0.25) is 9.69 Å². The monoisotopic (exact) mass is 353 g/mol. The minimum absolute atomic E-state index is 0.200. The molecule has 0 N–H and O–H groups in total. The molecule has 1 aromatic heterocycles. The largest absolute Gasteiger partial charge is 0.339 e. The van der Waals surface area contributed by atoms with Gasteiger partial charge in [0.05, 0.1) is 0 Å². The molecule has 2 atom stereocenters. The van der Waals surface area contributed by atoms with Gasteiger partial charge in [0, 0.05) is 30.9 Å². The Labute approximate surface area is 154 Å². The van der Waals surface area contributed by atoms with Gasteiger partial charge in [-0.15, -0.1) is 0 Å². The molecule has 2 aliphatic rings. The standard InChI is InChI=1S/C21H27N3O2/c1-15-12-18(25)8-9-19(15)21-22-20(23-26-21)17-7-5-6-16(13-17)14-24-10-3-2-4-11-24/h5-7,13,15,19H,2-4,8-12,14H2,1H3/t15-,19-/m0/s1. The second kappa shape index (κ2) is 7.70. The summed E-state index contributed by atoms with van der Waals surface area (Å²) in [6.07, 6.45) is 6.02. The van der Waals surface area contributed by atoms with Crippen LogP contribution in [0.3, 0.4) is 0 Å². The summed E-state index contributed by atoms with van der Waals surface area (Å²) < 4.78 is 5.57. The molecule has 1 aromatic carbocycles. The first-order valence-corrected chi connectivity index (χ1v) is 9.86. The van der Waals surface area contributed by atoms with Gasteiger partial charge in [-0.1, -0.05) is 36.7 Å². The van der Waals surface area contributed by atoms with Gasteiger partial charge in [-0.2, -0.15) is 4.98 Å². The minimum Gasteiger partial charge on any atom is -0.339 e. The van der Waals surface area contributed by atoms with E-state index < -0.39 is 0 Å². The Hall–Kier alpha value is -2.01. The van der Waals surface area contributed by atoms with Crippen molar-refractivity contribution in [1.29, 1.82) is 0 Å². The van der Waals surface area contributed by atoms with Crippen molar-refractivity contribution in [3.05, 3.63) is 35.7 Å². The molecule has 0 spiro atoms. The summed E-state index contributed by atoms with van der Waals surface area (Å²) in [5.74, 6) is 2.16. The maximum atomic E-state index is 11.6. The third-order valence-electron chi connectivity index (χ3n) is 5.77. The van der Waals surface area contributed by atoms with Crippen LogP contribution >= 0.6 is 0 Å². The first kappa shape index (κ1) is 17.4. The number of likely N-dealkylation sites (tertiary alicyclic amines) is 1. The second-order valence-electron chi connectivity index (χ2n) is 7.86. The van der Waals surface area contributed by atoms with Crippen LogP contribution in [0, 0.1) is 5.92 Å². The molecule has 1 aliphatic carbocycles. The quantitative estimate of drug-likeness (QED) is 0.824. The van der Waals surface area contributed by atoms with E-state index in [0.717, 1.165) is 18.5 Å². The summed E-state index contributed by atoms with van der Waals surface area (Å²) in [6, 6.07) is 8.47. The summed E-state index contributed by atoms with van der Waals surface area (Å²) in [4.78, 5) is 18.8. The van der Waals surface area contributed by atoms with Crippen molar-refractivity contribution in [2.75, 3.05) is 13.1 Å². The molecule has 5 nitrogen and oxygen atoms in total. The maximum Gasteiger partial charge on any atom is 0.230 e. The number of aromatic nitrogens is 2. The zero-order valence-corrected chi connectivity index (χ0v) is 15.5. The second-order valence-corrected chi connectivity index (χ2v) is 7.86. The lowest BCUT2D eigenvalue weighted by molar-refractivity contribution is -0.121. The molecular weight excluding hydrogens is 326 g/mol. The van der Waals surface area contributed by atoms with Gasteiger partial charge in [0.1, 0.15) is 5.78 Å². The Bertz CT molecular complexity index is 764. The SMILES string of the molecule is C[C@H]1CC(=O)CC[C@@H]1c1nc(-c2cccc(CN3CCCCC3)c2)no1. The van der Waals surface area contributed by atoms with Gasteiger partial charge >= 0.3 is 0 Å². The normalized spacial score (nSPS) is 24.7. The number of hydrogen-bond acceptors (Lipinski definition) is 5. The fourth-order valence-corrected chi connectivity index (χ4v) is 4.26. The summed E-state index contributed by atoms with van der Waals surface area (Å²) in [5, 5.41) is 4.22. The number of hydrogen-bond donors (Lipinski definition) is 0. The molecule has 2 aromatic rings. The molecule has 0 amide bonds. The van der Waals surface area contributed by atoms with E-state index in [1.54, 1.807) is 0 Å². The van der Waals surface area contributed by atoms with Crippen LogP contribution in [0.1, 0.15) is 62.8 Å². The summed E-state index contributed by atoms with van der Waals surface area (Å²) in [7, 11) is 0. The van der Waals surface area contributed by atoms with Crippen LogP contribution in [0.5, 0.6) is 0 Å². The molecule has 2 heterocycles. The molecule has 0 bridgehead atoms. The lowest BCUT2D eigenvalue weighted by atomic mass is 9.80. The topological polar surface area (TPSA) is 59.2 Å². The lowest BCUT2D eigenvalue weighted by Crippen LogP contribution is -2.29. The van der Waals surface area contributed by atoms with E-state index in [1.165, 1.54) is 37.9 Å². The molecular formula is C21H27N3O2. The van der Waals surface area contributed by atoms with Gasteiger partial charge < -0.3 is 4.52 Å². The molecule has 1 saturated carbocycles. The van der Waals surface area contributed by atoms with Crippen molar-refractivity contribution < 1.29 is 9.32 Å². The van der Waals surface area contributed by atoms with Crippen molar-refractivity contribution in [3.63, 3.8) is 0 Å². The highest BCUT2D eigenvalue weighted by Gasteiger charge is 2.31. The fourth-order valence-electron chi connectivity index (χ4n) is 4.26. The Morgan fingerprint density at radius 2 is 2.08 bits per heavy atom. The zero-order chi connectivity index (χ0) is 17.9. The van der Waals surface area contributed by atoms with Crippen LogP contribution in [0.15, 0.2) is 28.8 Å². The molecule has 26 heavy (non-hydrogen) atoms. The van der Waals surface area contributed by atoms with Gasteiger partial charge in [-0.05, 0) is 49.9 Å². The number of rotatable bonds is 4. The van der Waals surface area contributed by atoms with Gasteiger partial charge in [0.25, 0.3) is 0 Å². The highest BCUT2D eigenvalue weighted by Crippen LogP contribution is 2.36. The smallest absolute Gasteiger partial charge is 0.230 e. The molecule has 2 fully saturated rings. The van der Waals surface area contributed by atoms with Gasteiger partial charge in [0.2, 0.25) is 11.7 Å². The van der Waals surface area contributed by atoms with E-state index in [9.17, 15) is 4.79 Å². The predicted molar refractivity (Wildman–Crippen MR) is 99.6 cm³/mol. The highest BCUT2D eigenvalue weighted by atomic mass is 16.5. The van der Waals surface area contributed by atoms with E-state index in [-0.39, 0.29) is 11.8 Å². The molecule has 1 saturated heterocycles. The van der Waals surface area contributed by atoms with E-state index in [0.29, 0.717) is 30.3 Å². The number of Topliss-reactive ketones (excluding diaryl/α,β-unsaturated/α-hetero) is 1. The van der Waals surface area contributed by atoms with Crippen LogP contribution in [0.4, 0.5) is 0 Å². The fraction of sp³-hybridized carbons (Fsp3) is 0.571. The molecule has 5 heteroatoms. The first-order valence-electron chi connectivity index (χ1n) is 9.86. The molecule has 1 aliphatic heterocycles. The van der Waals surface area contributed by atoms with E-state index >= 15 is 0 Å². The number of nitrogens with zero attached hydrogens (tertiary/aromatic N) is 3. The van der Waals surface area contributed by atoms with Crippen molar-refractivity contribution in [3.8, 4) is 11.4 Å². The molecule has 138 valence electrons. The Morgan fingerprint density at radius 1 is 1.23 bits per heavy atom. The molecule has 0 unspecified atom stereocenters. The van der Waals surface area contributed by atoms with E-state index in [4.69, 9.17) is 4.52 Å². The van der Waals surface area contributed by atoms with Crippen LogP contribution in [0.2, 0.25) is 0 Å². The van der Waals surface area contributed by atoms with Gasteiger partial charge in [0.15, 0.2) is 0 Å². The Morgan fingerprint density at radius 3 is 2.88 bits per heavy atom. The molecule has 0 radical (unpaired) electrons. The zero-order valence-electron chi connectivity index (χ0n) is 15.5. The third kappa shape index (κ3) is 3.88. The predicted octanol–water partition coefficient (Wildman–Crippen LogP) is 4.20. The highest BCUT2D eigenvalue weighted by molar-refractivity contribution is 5.79. The van der Waals surface area contributed by atoms with E-state index in [2.05, 4.69) is 40.2 Å². The number of ketones is 1. The van der Waals surface area contributed by atoms with Crippen LogP contribution in [-0.4, -0.2) is 33.9 Å². The molecule has 4 rings (SSSR count). The lowest BCUT2D eigenvalue weighted by Gasteiger charge is -2.26. The Kier molecular flexibility index (Phi) is 5.16. The van der Waals surface area contributed by atoms with Crippen molar-refractivity contribution in [1.82, 2.24) is 15.0 Å². The average Bonchev–Trinajstić information content (AvgIpc) is 3.13. The first-order chi connectivity index (χ1) is 12.7. The van der Waals surface area contributed by atoms with Crippen molar-refractivity contribution in [2.24, 2.45) is 5.92 Å². The number of piperidine rings is 1. The summed E-state index contributed by atoms with van der Waals surface area (Å²) >= 11 is 0. The Balaban J connectivity index is 1.48. The third-order valence-corrected chi connectivity index (χ3v) is 5.77. The summed E-state index contributed by atoms with van der Waals surface area (Å²) in [5.41, 5.74) is 2.31. The van der Waals surface area contributed by atoms with Gasteiger partial charge in [-0.25, -0.2) is 0 Å². The number of carbonyl (C=O) groups is 1. The minimum atomic E-state index is 0.200. The number of carbonyl (C=O) groups excluding carboxylic acids is 1. The average molecular weight is 353 g/mol.